The zero-order valence-electron chi connectivity index (χ0n) is 18.9. The molecule has 8 rings (SSSR count). The summed E-state index contributed by atoms with van der Waals surface area (Å²) >= 11 is 0. The maximum atomic E-state index is 5.78. The number of pyridine rings is 1. The minimum Gasteiger partial charge on any atom is -0.433 e. The predicted molar refractivity (Wildman–Crippen MR) is 140 cm³/mol. The lowest BCUT2D eigenvalue weighted by molar-refractivity contribution is 0.498. The van der Waals surface area contributed by atoms with Gasteiger partial charge in [0.2, 0.25) is 0 Å². The second-order valence-corrected chi connectivity index (χ2v) is 8.86. The summed E-state index contributed by atoms with van der Waals surface area (Å²) in [5.74, 6) is 1.10. The molecule has 0 saturated heterocycles. The summed E-state index contributed by atoms with van der Waals surface area (Å²) in [6.07, 6.45) is 3.30. The first-order valence-corrected chi connectivity index (χ1v) is 11.7. The van der Waals surface area contributed by atoms with Gasteiger partial charge in [0, 0.05) is 21.9 Å². The van der Waals surface area contributed by atoms with Crippen LogP contribution in [0.3, 0.4) is 0 Å². The third-order valence-corrected chi connectivity index (χ3v) is 6.74. The lowest BCUT2D eigenvalue weighted by Crippen LogP contribution is -1.88. The van der Waals surface area contributed by atoms with E-state index in [2.05, 4.69) is 42.5 Å². The molecule has 0 radical (unpaired) electrons. The minimum atomic E-state index is 0.544. The monoisotopic (exact) mass is 467 g/mol. The van der Waals surface area contributed by atoms with Crippen molar-refractivity contribution in [3.63, 3.8) is 0 Å². The smallest absolute Gasteiger partial charge is 0.298 e. The molecule has 5 aromatic heterocycles. The fraction of sp³-hybridized carbons (Fsp3) is 0. The van der Waals surface area contributed by atoms with E-state index in [0.29, 0.717) is 11.6 Å². The van der Waals surface area contributed by atoms with Crippen LogP contribution in [0.1, 0.15) is 0 Å². The van der Waals surface area contributed by atoms with E-state index in [-0.39, 0.29) is 0 Å². The summed E-state index contributed by atoms with van der Waals surface area (Å²) in [4.78, 5) is 5.00. The number of hydrogen-bond acceptors (Lipinski definition) is 5. The molecule has 8 aromatic rings. The molecule has 0 unspecified atom stereocenters. The SMILES string of the molecule is c1cc(-c2ccc3oc4occc4c3c2)cc(-c2cccc(-c3ccc4oc5occc5c4c3)n2)c1. The van der Waals surface area contributed by atoms with Crippen LogP contribution in [-0.2, 0) is 0 Å². The topological polar surface area (TPSA) is 65.5 Å². The molecule has 0 atom stereocenters. The summed E-state index contributed by atoms with van der Waals surface area (Å²) in [5, 5.41) is 4.02. The van der Waals surface area contributed by atoms with Gasteiger partial charge < -0.3 is 17.7 Å². The average molecular weight is 467 g/mol. The Balaban J connectivity index is 1.20. The van der Waals surface area contributed by atoms with Crippen molar-refractivity contribution in [1.29, 1.82) is 0 Å². The second kappa shape index (κ2) is 7.23. The van der Waals surface area contributed by atoms with Gasteiger partial charge in [-0.2, -0.15) is 0 Å². The first-order chi connectivity index (χ1) is 17.8. The largest absolute Gasteiger partial charge is 0.433 e. The Morgan fingerprint density at radius 2 is 0.972 bits per heavy atom. The molecule has 170 valence electrons. The van der Waals surface area contributed by atoms with Gasteiger partial charge in [-0.15, -0.1) is 0 Å². The van der Waals surface area contributed by atoms with E-state index < -0.39 is 0 Å². The molecular formula is C31H17NO4. The van der Waals surface area contributed by atoms with Gasteiger partial charge in [0.05, 0.1) is 34.7 Å². The summed E-state index contributed by atoms with van der Waals surface area (Å²) in [5.41, 5.74) is 7.74. The Morgan fingerprint density at radius 1 is 0.444 bits per heavy atom. The Labute approximate surface area is 204 Å². The number of rotatable bonds is 3. The molecule has 0 aliphatic carbocycles. The summed E-state index contributed by atoms with van der Waals surface area (Å²) in [7, 11) is 0. The zero-order chi connectivity index (χ0) is 23.6. The van der Waals surface area contributed by atoms with Crippen LogP contribution in [0, 0.1) is 0 Å². The number of benzene rings is 3. The Hall–Kier alpha value is -5.03. The molecule has 0 amide bonds. The number of hydrogen-bond donors (Lipinski definition) is 0. The van der Waals surface area contributed by atoms with Crippen LogP contribution in [0.25, 0.3) is 77.9 Å². The van der Waals surface area contributed by atoms with Crippen LogP contribution < -0.4 is 0 Å². The van der Waals surface area contributed by atoms with E-state index in [4.69, 9.17) is 22.7 Å². The lowest BCUT2D eigenvalue weighted by Gasteiger charge is -2.08. The van der Waals surface area contributed by atoms with Crippen molar-refractivity contribution in [2.45, 2.75) is 0 Å². The van der Waals surface area contributed by atoms with Crippen LogP contribution in [-0.4, -0.2) is 4.98 Å². The standard InChI is InChI=1S/C31H17NO4/c1-3-18(19-7-9-28-24(16-19)22-11-13-33-30(22)35-28)15-20(4-1)26-5-2-6-27(32-26)21-8-10-29-25(17-21)23-12-14-34-31(23)36-29/h1-17H. The highest BCUT2D eigenvalue weighted by Crippen LogP contribution is 2.35. The lowest BCUT2D eigenvalue weighted by atomic mass is 9.99. The van der Waals surface area contributed by atoms with Crippen LogP contribution >= 0.6 is 0 Å². The van der Waals surface area contributed by atoms with Crippen molar-refractivity contribution in [3.05, 3.63) is 104 Å². The summed E-state index contributed by atoms with van der Waals surface area (Å²) < 4.78 is 22.4. The molecule has 36 heavy (non-hydrogen) atoms. The van der Waals surface area contributed by atoms with Crippen molar-refractivity contribution in [2.75, 3.05) is 0 Å². The highest BCUT2D eigenvalue weighted by Gasteiger charge is 2.13. The average Bonchev–Trinajstić information content (AvgIpc) is 3.70. The van der Waals surface area contributed by atoms with Gasteiger partial charge in [0.1, 0.15) is 11.2 Å². The molecule has 0 N–H and O–H groups in total. The Bertz CT molecular complexity index is 1920. The first kappa shape index (κ1) is 19.3. The molecule has 3 aromatic carbocycles. The highest BCUT2D eigenvalue weighted by molar-refractivity contribution is 6.05. The van der Waals surface area contributed by atoms with Gasteiger partial charge in [-0.1, -0.05) is 30.3 Å². The van der Waals surface area contributed by atoms with Gasteiger partial charge >= 0.3 is 0 Å². The van der Waals surface area contributed by atoms with Crippen molar-refractivity contribution in [3.8, 4) is 33.6 Å². The van der Waals surface area contributed by atoms with E-state index in [1.807, 2.05) is 48.5 Å². The van der Waals surface area contributed by atoms with Crippen LogP contribution in [0.15, 0.2) is 121 Å². The van der Waals surface area contributed by atoms with Crippen molar-refractivity contribution < 1.29 is 17.7 Å². The van der Waals surface area contributed by atoms with Gasteiger partial charge in [-0.3, -0.25) is 0 Å². The maximum Gasteiger partial charge on any atom is 0.298 e. The van der Waals surface area contributed by atoms with Gasteiger partial charge in [0.25, 0.3) is 11.6 Å². The van der Waals surface area contributed by atoms with Crippen LogP contribution in [0.4, 0.5) is 0 Å². The van der Waals surface area contributed by atoms with Crippen molar-refractivity contribution >= 4 is 44.3 Å². The molecule has 0 fully saturated rings. The van der Waals surface area contributed by atoms with E-state index in [0.717, 1.165) is 66.4 Å². The molecule has 0 bridgehead atoms. The summed E-state index contributed by atoms with van der Waals surface area (Å²) in [6, 6.07) is 30.8. The number of fused-ring (bicyclic) bond motifs is 6. The molecule has 0 aliphatic heterocycles. The van der Waals surface area contributed by atoms with Gasteiger partial charge in [-0.25, -0.2) is 4.98 Å². The highest BCUT2D eigenvalue weighted by atomic mass is 16.5. The predicted octanol–water partition coefficient (Wildman–Crippen LogP) is 9.07. The normalized spacial score (nSPS) is 11.9. The first-order valence-electron chi connectivity index (χ1n) is 11.7. The van der Waals surface area contributed by atoms with E-state index in [1.54, 1.807) is 12.5 Å². The van der Waals surface area contributed by atoms with Crippen LogP contribution in [0.2, 0.25) is 0 Å². The maximum absolute atomic E-state index is 5.78. The van der Waals surface area contributed by atoms with E-state index >= 15 is 0 Å². The molecule has 5 nitrogen and oxygen atoms in total. The second-order valence-electron chi connectivity index (χ2n) is 8.86. The minimum absolute atomic E-state index is 0.544. The zero-order valence-corrected chi connectivity index (χ0v) is 18.9. The number of nitrogens with zero attached hydrogens (tertiary/aromatic N) is 1. The fourth-order valence-electron chi connectivity index (χ4n) is 4.96. The molecule has 0 aliphatic rings. The number of furan rings is 4. The quantitative estimate of drug-likeness (QED) is 0.259. The van der Waals surface area contributed by atoms with E-state index in [1.165, 1.54) is 0 Å². The molecular weight excluding hydrogens is 450 g/mol. The van der Waals surface area contributed by atoms with Crippen molar-refractivity contribution in [2.24, 2.45) is 0 Å². The van der Waals surface area contributed by atoms with E-state index in [9.17, 15) is 0 Å². The molecule has 5 heterocycles. The van der Waals surface area contributed by atoms with Crippen molar-refractivity contribution in [1.82, 2.24) is 4.98 Å². The third-order valence-electron chi connectivity index (χ3n) is 6.74. The molecule has 5 heteroatoms. The van der Waals surface area contributed by atoms with Crippen LogP contribution in [0.5, 0.6) is 0 Å². The molecule has 0 saturated carbocycles. The van der Waals surface area contributed by atoms with Gasteiger partial charge in [0.15, 0.2) is 0 Å². The number of aromatic nitrogens is 1. The molecule has 0 spiro atoms. The fourth-order valence-corrected chi connectivity index (χ4v) is 4.96. The Kier molecular flexibility index (Phi) is 3.88. The third kappa shape index (κ3) is 2.86. The van der Waals surface area contributed by atoms with Gasteiger partial charge in [-0.05, 0) is 71.8 Å². The Morgan fingerprint density at radius 3 is 1.67 bits per heavy atom. The summed E-state index contributed by atoms with van der Waals surface area (Å²) in [6.45, 7) is 0.